The molecule has 122 valence electrons. The molecule has 0 spiro atoms. The van der Waals surface area contributed by atoms with Crippen molar-refractivity contribution in [3.8, 4) is 5.75 Å². The summed E-state index contributed by atoms with van der Waals surface area (Å²) in [4.78, 5) is 3.64. The van der Waals surface area contributed by atoms with Crippen molar-refractivity contribution in [2.45, 2.75) is 6.54 Å². The first-order chi connectivity index (χ1) is 10.7. The van der Waals surface area contributed by atoms with Crippen LogP contribution in [-0.4, -0.2) is 63.6 Å². The van der Waals surface area contributed by atoms with Crippen molar-refractivity contribution in [2.24, 2.45) is 0 Å². The molecule has 1 heterocycles. The van der Waals surface area contributed by atoms with Crippen LogP contribution >= 0.6 is 12.2 Å². The van der Waals surface area contributed by atoms with Crippen LogP contribution in [0.3, 0.4) is 0 Å². The monoisotopic (exact) mass is 324 g/mol. The van der Waals surface area contributed by atoms with Crippen LogP contribution in [0.4, 0.5) is 0 Å². The quantitative estimate of drug-likeness (QED) is 0.716. The Balaban J connectivity index is 1.69. The van der Waals surface area contributed by atoms with Gasteiger partial charge in [-0.3, -0.25) is 0 Å². The predicted molar refractivity (Wildman–Crippen MR) is 91.4 cm³/mol. The lowest BCUT2D eigenvalue weighted by Gasteiger charge is -2.25. The molecular formula is C16H26N3O2S+. The van der Waals surface area contributed by atoms with E-state index in [4.69, 9.17) is 21.7 Å². The molecule has 6 heteroatoms. The number of ether oxygens (including phenoxy) is 2. The normalized spacial score (nSPS) is 15.4. The Kier molecular flexibility index (Phi) is 6.89. The maximum absolute atomic E-state index is 5.45. The minimum atomic E-state index is 0.792. The highest BCUT2D eigenvalue weighted by atomic mass is 32.1. The van der Waals surface area contributed by atoms with Crippen molar-refractivity contribution in [1.29, 1.82) is 0 Å². The number of methoxy groups -OCH3 is 1. The summed E-state index contributed by atoms with van der Waals surface area (Å²) in [5, 5.41) is 4.14. The third kappa shape index (κ3) is 5.44. The van der Waals surface area contributed by atoms with Gasteiger partial charge in [-0.2, -0.15) is 0 Å². The average molecular weight is 324 g/mol. The zero-order valence-corrected chi connectivity index (χ0v) is 14.2. The molecule has 0 aliphatic carbocycles. The van der Waals surface area contributed by atoms with Crippen molar-refractivity contribution < 1.29 is 14.4 Å². The fourth-order valence-electron chi connectivity index (χ4n) is 2.47. The van der Waals surface area contributed by atoms with Crippen LogP contribution in [0.5, 0.6) is 5.75 Å². The van der Waals surface area contributed by atoms with Crippen molar-refractivity contribution >= 4 is 17.3 Å². The molecule has 0 bridgehead atoms. The number of thiocarbonyl (C=S) groups is 1. The minimum Gasteiger partial charge on any atom is -0.497 e. The van der Waals surface area contributed by atoms with E-state index in [1.165, 1.54) is 5.56 Å². The Morgan fingerprint density at radius 3 is 2.64 bits per heavy atom. The lowest BCUT2D eigenvalue weighted by molar-refractivity contribution is -0.906. The molecule has 1 aromatic carbocycles. The topological polar surface area (TPSA) is 38.2 Å². The van der Waals surface area contributed by atoms with E-state index in [1.807, 2.05) is 19.2 Å². The van der Waals surface area contributed by atoms with Gasteiger partial charge in [0, 0.05) is 13.6 Å². The Labute approximate surface area is 138 Å². The molecule has 0 unspecified atom stereocenters. The van der Waals surface area contributed by atoms with Gasteiger partial charge in [0.2, 0.25) is 0 Å². The Morgan fingerprint density at radius 2 is 2.00 bits per heavy atom. The van der Waals surface area contributed by atoms with Gasteiger partial charge >= 0.3 is 0 Å². The molecule has 1 saturated heterocycles. The molecule has 0 aromatic heterocycles. The molecule has 1 aromatic rings. The Hall–Kier alpha value is -1.37. The molecule has 22 heavy (non-hydrogen) atoms. The number of benzene rings is 1. The molecule has 1 aliphatic rings. The highest BCUT2D eigenvalue weighted by molar-refractivity contribution is 7.80. The maximum Gasteiger partial charge on any atom is 0.169 e. The smallest absolute Gasteiger partial charge is 0.169 e. The highest BCUT2D eigenvalue weighted by Crippen LogP contribution is 2.12. The number of hydrogen-bond donors (Lipinski definition) is 2. The molecular weight excluding hydrogens is 298 g/mol. The first-order valence-electron chi connectivity index (χ1n) is 7.72. The second-order valence-electron chi connectivity index (χ2n) is 5.55. The number of rotatable bonds is 6. The second-order valence-corrected chi connectivity index (χ2v) is 5.94. The SMILES string of the molecule is COc1ccc(CN(C)C(=S)NCC[NH+]2CCOCC2)cc1. The zero-order chi connectivity index (χ0) is 15.8. The number of nitrogens with one attached hydrogen (secondary N) is 2. The largest absolute Gasteiger partial charge is 0.497 e. The van der Waals surface area contributed by atoms with E-state index in [-0.39, 0.29) is 0 Å². The molecule has 5 nitrogen and oxygen atoms in total. The zero-order valence-electron chi connectivity index (χ0n) is 13.4. The third-order valence-corrected chi connectivity index (χ3v) is 4.34. The molecule has 2 rings (SSSR count). The summed E-state index contributed by atoms with van der Waals surface area (Å²) in [5.41, 5.74) is 1.21. The van der Waals surface area contributed by atoms with Crippen LogP contribution in [0.15, 0.2) is 24.3 Å². The van der Waals surface area contributed by atoms with Gasteiger partial charge in [-0.1, -0.05) is 12.1 Å². The third-order valence-electron chi connectivity index (χ3n) is 3.88. The van der Waals surface area contributed by atoms with Crippen molar-refractivity contribution in [3.63, 3.8) is 0 Å². The number of quaternary nitrogens is 1. The van der Waals surface area contributed by atoms with Gasteiger partial charge in [0.05, 0.1) is 33.4 Å². The van der Waals surface area contributed by atoms with Crippen molar-refractivity contribution in [2.75, 3.05) is 53.6 Å². The van der Waals surface area contributed by atoms with Crippen LogP contribution in [-0.2, 0) is 11.3 Å². The standard InChI is InChI=1S/C16H25N3O2S/c1-18(13-14-3-5-15(20-2)6-4-14)16(22)17-7-8-19-9-11-21-12-10-19/h3-6H,7-13H2,1-2H3,(H,17,22)/p+1. The van der Waals surface area contributed by atoms with Crippen LogP contribution in [0.2, 0.25) is 0 Å². The van der Waals surface area contributed by atoms with E-state index < -0.39 is 0 Å². The number of nitrogens with zero attached hydrogens (tertiary/aromatic N) is 1. The Morgan fingerprint density at radius 1 is 1.32 bits per heavy atom. The number of hydrogen-bond acceptors (Lipinski definition) is 3. The van der Waals surface area contributed by atoms with Gasteiger partial charge in [0.15, 0.2) is 5.11 Å². The summed E-state index contributed by atoms with van der Waals surface area (Å²) >= 11 is 5.45. The van der Waals surface area contributed by atoms with Gasteiger partial charge in [-0.15, -0.1) is 0 Å². The lowest BCUT2D eigenvalue weighted by Crippen LogP contribution is -3.14. The number of morpholine rings is 1. The molecule has 0 radical (unpaired) electrons. The van der Waals surface area contributed by atoms with Gasteiger partial charge in [-0.05, 0) is 29.9 Å². The average Bonchev–Trinajstić information content (AvgIpc) is 2.56. The van der Waals surface area contributed by atoms with Crippen molar-refractivity contribution in [3.05, 3.63) is 29.8 Å². The van der Waals surface area contributed by atoms with E-state index in [9.17, 15) is 0 Å². The summed E-state index contributed by atoms with van der Waals surface area (Å²) < 4.78 is 10.5. The fourth-order valence-corrected chi connectivity index (χ4v) is 2.63. The summed E-state index contributed by atoms with van der Waals surface area (Å²) in [5.74, 6) is 0.876. The maximum atomic E-state index is 5.45. The molecule has 1 aliphatic heterocycles. The van der Waals surface area contributed by atoms with Crippen LogP contribution in [0, 0.1) is 0 Å². The lowest BCUT2D eigenvalue weighted by atomic mass is 10.2. The molecule has 0 saturated carbocycles. The van der Waals surface area contributed by atoms with Crippen LogP contribution in [0.25, 0.3) is 0 Å². The van der Waals surface area contributed by atoms with Crippen LogP contribution < -0.4 is 15.0 Å². The van der Waals surface area contributed by atoms with Gasteiger partial charge in [-0.25, -0.2) is 0 Å². The molecule has 0 amide bonds. The predicted octanol–water partition coefficient (Wildman–Crippen LogP) is -0.0834. The van der Waals surface area contributed by atoms with Gasteiger partial charge in [0.25, 0.3) is 0 Å². The summed E-state index contributed by atoms with van der Waals surface area (Å²) in [7, 11) is 3.69. The highest BCUT2D eigenvalue weighted by Gasteiger charge is 2.13. The molecule has 1 fully saturated rings. The van der Waals surface area contributed by atoms with E-state index in [0.29, 0.717) is 0 Å². The van der Waals surface area contributed by atoms with Gasteiger partial charge in [0.1, 0.15) is 18.8 Å². The van der Waals surface area contributed by atoms with Crippen LogP contribution in [0.1, 0.15) is 5.56 Å². The minimum absolute atomic E-state index is 0.792. The summed E-state index contributed by atoms with van der Waals surface area (Å²) in [6.07, 6.45) is 0. The van der Waals surface area contributed by atoms with E-state index in [0.717, 1.165) is 56.8 Å². The van der Waals surface area contributed by atoms with E-state index in [2.05, 4.69) is 22.3 Å². The fraction of sp³-hybridized carbons (Fsp3) is 0.562. The first-order valence-corrected chi connectivity index (χ1v) is 8.13. The van der Waals surface area contributed by atoms with Crippen molar-refractivity contribution in [1.82, 2.24) is 10.2 Å². The summed E-state index contributed by atoms with van der Waals surface area (Å²) in [6, 6.07) is 8.08. The second kappa shape index (κ2) is 8.92. The Bertz CT molecular complexity index is 461. The molecule has 0 atom stereocenters. The first kappa shape index (κ1) is 17.0. The summed E-state index contributed by atoms with van der Waals surface area (Å²) in [6.45, 7) is 6.71. The molecule has 2 N–H and O–H groups in total. The van der Waals surface area contributed by atoms with Gasteiger partial charge < -0.3 is 24.6 Å². The van der Waals surface area contributed by atoms with E-state index in [1.54, 1.807) is 12.0 Å². The van der Waals surface area contributed by atoms with E-state index >= 15 is 0 Å².